The minimum atomic E-state index is -0.702. The predicted molar refractivity (Wildman–Crippen MR) is 137 cm³/mol. The Morgan fingerprint density at radius 2 is 1.76 bits per heavy atom. The van der Waals surface area contributed by atoms with Crippen molar-refractivity contribution in [1.29, 1.82) is 0 Å². The molecule has 2 aromatic rings. The second kappa shape index (κ2) is 12.7. The Labute approximate surface area is 217 Å². The van der Waals surface area contributed by atoms with Gasteiger partial charge in [0.2, 0.25) is 0 Å². The molecule has 1 aliphatic rings. The SMILES string of the molecule is CCCOc1ccc(CNC(=O)N(Cc2ccc(F)cc2F)C2CCN(C(=O)OC(C)(C)C)CC2)cc1. The van der Waals surface area contributed by atoms with Crippen molar-refractivity contribution in [3.8, 4) is 5.75 Å². The van der Waals surface area contributed by atoms with E-state index in [2.05, 4.69) is 5.32 Å². The number of hydrogen-bond donors (Lipinski definition) is 1. The van der Waals surface area contributed by atoms with Gasteiger partial charge >= 0.3 is 12.1 Å². The number of carbonyl (C=O) groups excluding carboxylic acids is 2. The maximum atomic E-state index is 14.5. The molecule has 0 spiro atoms. The normalized spacial score (nSPS) is 14.3. The van der Waals surface area contributed by atoms with Gasteiger partial charge in [-0.05, 0) is 63.8 Å². The van der Waals surface area contributed by atoms with E-state index in [0.717, 1.165) is 23.8 Å². The average Bonchev–Trinajstić information content (AvgIpc) is 2.85. The van der Waals surface area contributed by atoms with Gasteiger partial charge in [-0.15, -0.1) is 0 Å². The number of carbonyl (C=O) groups is 2. The third-order valence-corrected chi connectivity index (χ3v) is 6.01. The highest BCUT2D eigenvalue weighted by Gasteiger charge is 2.32. The molecule has 0 unspecified atom stereocenters. The first-order valence-electron chi connectivity index (χ1n) is 12.7. The van der Waals surface area contributed by atoms with E-state index in [1.165, 1.54) is 12.1 Å². The summed E-state index contributed by atoms with van der Waals surface area (Å²) >= 11 is 0. The third kappa shape index (κ3) is 8.61. The largest absolute Gasteiger partial charge is 0.494 e. The fourth-order valence-electron chi connectivity index (χ4n) is 4.09. The summed E-state index contributed by atoms with van der Waals surface area (Å²) in [6.45, 7) is 9.20. The first kappa shape index (κ1) is 28.2. The molecule has 1 N–H and O–H groups in total. The van der Waals surface area contributed by atoms with Gasteiger partial charge in [0.25, 0.3) is 0 Å². The quantitative estimate of drug-likeness (QED) is 0.476. The lowest BCUT2D eigenvalue weighted by atomic mass is 10.0. The second-order valence-corrected chi connectivity index (χ2v) is 10.2. The van der Waals surface area contributed by atoms with Crippen LogP contribution in [-0.4, -0.2) is 53.3 Å². The summed E-state index contributed by atoms with van der Waals surface area (Å²) in [4.78, 5) is 28.9. The Bertz CT molecular complexity index is 1050. The topological polar surface area (TPSA) is 71.1 Å². The number of hydrogen-bond acceptors (Lipinski definition) is 4. The number of rotatable bonds is 8. The van der Waals surface area contributed by atoms with Crippen molar-refractivity contribution in [2.75, 3.05) is 19.7 Å². The lowest BCUT2D eigenvalue weighted by Crippen LogP contribution is -2.51. The van der Waals surface area contributed by atoms with E-state index in [4.69, 9.17) is 9.47 Å². The molecule has 1 aliphatic heterocycles. The smallest absolute Gasteiger partial charge is 0.410 e. The summed E-state index contributed by atoms with van der Waals surface area (Å²) in [5.41, 5.74) is 0.522. The molecule has 3 amide bonds. The van der Waals surface area contributed by atoms with E-state index in [0.29, 0.717) is 32.5 Å². The molecule has 0 atom stereocenters. The summed E-state index contributed by atoms with van der Waals surface area (Å²) in [6.07, 6.45) is 1.55. The molecule has 2 aromatic carbocycles. The van der Waals surface area contributed by atoms with Crippen molar-refractivity contribution in [1.82, 2.24) is 15.1 Å². The van der Waals surface area contributed by atoms with E-state index in [9.17, 15) is 18.4 Å². The van der Waals surface area contributed by atoms with Gasteiger partial charge in [0.05, 0.1) is 13.2 Å². The minimum absolute atomic E-state index is 0.0150. The number of nitrogens with zero attached hydrogens (tertiary/aromatic N) is 2. The van der Waals surface area contributed by atoms with Crippen molar-refractivity contribution >= 4 is 12.1 Å². The molecule has 1 saturated heterocycles. The lowest BCUT2D eigenvalue weighted by Gasteiger charge is -2.39. The van der Waals surface area contributed by atoms with E-state index in [1.807, 2.05) is 52.0 Å². The van der Waals surface area contributed by atoms with Crippen molar-refractivity contribution in [2.24, 2.45) is 0 Å². The highest BCUT2D eigenvalue weighted by Crippen LogP contribution is 2.23. The molecule has 7 nitrogen and oxygen atoms in total. The maximum absolute atomic E-state index is 14.5. The Balaban J connectivity index is 1.67. The molecular formula is C28H37F2N3O4. The van der Waals surface area contributed by atoms with Gasteiger partial charge in [0.15, 0.2) is 0 Å². The number of benzene rings is 2. The molecule has 9 heteroatoms. The fraction of sp³-hybridized carbons (Fsp3) is 0.500. The molecule has 0 saturated carbocycles. The van der Waals surface area contributed by atoms with Crippen LogP contribution < -0.4 is 10.1 Å². The zero-order valence-corrected chi connectivity index (χ0v) is 22.1. The molecule has 0 aromatic heterocycles. The zero-order valence-electron chi connectivity index (χ0n) is 22.1. The highest BCUT2D eigenvalue weighted by molar-refractivity contribution is 5.75. The number of likely N-dealkylation sites (tertiary alicyclic amines) is 1. The van der Waals surface area contributed by atoms with Crippen LogP contribution in [0.15, 0.2) is 42.5 Å². The predicted octanol–water partition coefficient (Wildman–Crippen LogP) is 5.86. The molecule has 0 radical (unpaired) electrons. The molecule has 37 heavy (non-hydrogen) atoms. The minimum Gasteiger partial charge on any atom is -0.494 e. The number of ether oxygens (including phenoxy) is 2. The Kier molecular flexibility index (Phi) is 9.72. The van der Waals surface area contributed by atoms with Crippen molar-refractivity contribution in [2.45, 2.75) is 71.7 Å². The number of nitrogens with one attached hydrogen (secondary N) is 1. The Hall–Kier alpha value is -3.36. The number of urea groups is 1. The highest BCUT2D eigenvalue weighted by atomic mass is 19.1. The standard InChI is InChI=1S/C28H37F2N3O4/c1-5-16-36-24-10-6-20(7-11-24)18-31-26(34)33(19-21-8-9-22(29)17-25(21)30)23-12-14-32(15-13-23)27(35)37-28(2,3)4/h6-11,17,23H,5,12-16,18-19H2,1-4H3,(H,31,34). The van der Waals surface area contributed by atoms with Gasteiger partial charge in [-0.1, -0.05) is 25.1 Å². The van der Waals surface area contributed by atoms with Gasteiger partial charge in [-0.2, -0.15) is 0 Å². The van der Waals surface area contributed by atoms with Gasteiger partial charge in [0, 0.05) is 37.3 Å². The Morgan fingerprint density at radius 1 is 1.08 bits per heavy atom. The Morgan fingerprint density at radius 3 is 2.35 bits per heavy atom. The van der Waals surface area contributed by atoms with Crippen LogP contribution in [0.2, 0.25) is 0 Å². The molecule has 1 heterocycles. The first-order valence-corrected chi connectivity index (χ1v) is 12.7. The molecule has 0 bridgehead atoms. The number of halogens is 2. The van der Waals surface area contributed by atoms with Crippen molar-refractivity contribution in [3.05, 3.63) is 65.2 Å². The zero-order chi connectivity index (χ0) is 27.0. The number of piperidine rings is 1. The maximum Gasteiger partial charge on any atom is 0.410 e. The van der Waals surface area contributed by atoms with Crippen LogP contribution in [0.1, 0.15) is 58.1 Å². The fourth-order valence-corrected chi connectivity index (χ4v) is 4.09. The lowest BCUT2D eigenvalue weighted by molar-refractivity contribution is 0.0160. The van der Waals surface area contributed by atoms with Crippen LogP contribution in [0.25, 0.3) is 0 Å². The van der Waals surface area contributed by atoms with Crippen molar-refractivity contribution in [3.63, 3.8) is 0 Å². The van der Waals surface area contributed by atoms with E-state index >= 15 is 0 Å². The van der Waals surface area contributed by atoms with E-state index < -0.39 is 23.3 Å². The van der Waals surface area contributed by atoms with Crippen LogP contribution in [0.5, 0.6) is 5.75 Å². The van der Waals surface area contributed by atoms with Crippen LogP contribution in [0.3, 0.4) is 0 Å². The van der Waals surface area contributed by atoms with Crippen LogP contribution in [0, 0.1) is 11.6 Å². The van der Waals surface area contributed by atoms with E-state index in [-0.39, 0.29) is 30.7 Å². The molecule has 0 aliphatic carbocycles. The molecule has 202 valence electrons. The van der Waals surface area contributed by atoms with Gasteiger partial charge in [-0.25, -0.2) is 18.4 Å². The van der Waals surface area contributed by atoms with Gasteiger partial charge < -0.3 is 24.6 Å². The molecular weight excluding hydrogens is 480 g/mol. The summed E-state index contributed by atoms with van der Waals surface area (Å²) < 4.78 is 39.0. The first-order chi connectivity index (χ1) is 17.6. The molecule has 1 fully saturated rings. The van der Waals surface area contributed by atoms with E-state index in [1.54, 1.807) is 9.80 Å². The van der Waals surface area contributed by atoms with Crippen LogP contribution >= 0.6 is 0 Å². The molecule has 3 rings (SSSR count). The summed E-state index contributed by atoms with van der Waals surface area (Å²) in [5, 5.41) is 2.92. The van der Waals surface area contributed by atoms with Crippen LogP contribution in [-0.2, 0) is 17.8 Å². The summed E-state index contributed by atoms with van der Waals surface area (Å²) in [7, 11) is 0. The summed E-state index contributed by atoms with van der Waals surface area (Å²) in [6, 6.07) is 10.3. The average molecular weight is 518 g/mol. The number of amides is 3. The second-order valence-electron chi connectivity index (χ2n) is 10.2. The third-order valence-electron chi connectivity index (χ3n) is 6.01. The van der Waals surface area contributed by atoms with Crippen molar-refractivity contribution < 1.29 is 27.8 Å². The van der Waals surface area contributed by atoms with Gasteiger partial charge in [-0.3, -0.25) is 0 Å². The van der Waals surface area contributed by atoms with Crippen LogP contribution in [0.4, 0.5) is 18.4 Å². The monoisotopic (exact) mass is 517 g/mol. The van der Waals surface area contributed by atoms with Gasteiger partial charge in [0.1, 0.15) is 23.0 Å². The summed E-state index contributed by atoms with van der Waals surface area (Å²) in [5.74, 6) is -0.608.